The standard InChI is InChI=1S/C30H33N3O2/c1-3-22(2)29(34)32-27-14-15-28(23(20-27)21-31)33-18-16-26(17-19-33)30(35,24-10-6-4-7-11-24)25-12-8-5-9-13-25/h4-15,20,22,26,35H,3,16-19H2,1-2H3,(H,32,34). The molecule has 1 aliphatic heterocycles. The molecule has 1 unspecified atom stereocenters. The van der Waals surface area contributed by atoms with Gasteiger partial charge in [0.2, 0.25) is 5.91 Å². The molecule has 180 valence electrons. The molecule has 0 aromatic heterocycles. The first-order chi connectivity index (χ1) is 17.0. The number of carbonyl (C=O) groups is 1. The minimum atomic E-state index is -1.07. The normalized spacial score (nSPS) is 15.3. The first-order valence-electron chi connectivity index (χ1n) is 12.4. The van der Waals surface area contributed by atoms with Crippen molar-refractivity contribution in [1.82, 2.24) is 0 Å². The van der Waals surface area contributed by atoms with E-state index in [2.05, 4.69) is 16.3 Å². The summed E-state index contributed by atoms with van der Waals surface area (Å²) in [6.45, 7) is 5.35. The fourth-order valence-corrected chi connectivity index (χ4v) is 4.99. The molecular weight excluding hydrogens is 434 g/mol. The molecule has 5 heteroatoms. The van der Waals surface area contributed by atoms with Gasteiger partial charge < -0.3 is 15.3 Å². The molecule has 0 radical (unpaired) electrons. The van der Waals surface area contributed by atoms with Crippen molar-refractivity contribution in [1.29, 1.82) is 5.26 Å². The topological polar surface area (TPSA) is 76.4 Å². The number of benzene rings is 3. The molecule has 1 heterocycles. The van der Waals surface area contributed by atoms with E-state index in [1.54, 1.807) is 6.07 Å². The minimum Gasteiger partial charge on any atom is -0.380 e. The van der Waals surface area contributed by atoms with Gasteiger partial charge in [0.25, 0.3) is 0 Å². The van der Waals surface area contributed by atoms with Crippen LogP contribution in [-0.4, -0.2) is 24.1 Å². The number of hydrogen-bond acceptors (Lipinski definition) is 4. The molecular formula is C30H33N3O2. The highest BCUT2D eigenvalue weighted by molar-refractivity contribution is 5.92. The highest BCUT2D eigenvalue weighted by Crippen LogP contribution is 2.42. The van der Waals surface area contributed by atoms with Crippen LogP contribution < -0.4 is 10.2 Å². The van der Waals surface area contributed by atoms with Crippen LogP contribution in [0, 0.1) is 23.2 Å². The molecule has 0 spiro atoms. The monoisotopic (exact) mass is 467 g/mol. The van der Waals surface area contributed by atoms with Crippen molar-refractivity contribution in [2.24, 2.45) is 11.8 Å². The number of nitrogens with zero attached hydrogens (tertiary/aromatic N) is 2. The van der Waals surface area contributed by atoms with Crippen LogP contribution in [0.2, 0.25) is 0 Å². The molecule has 0 saturated carbocycles. The zero-order chi connectivity index (χ0) is 24.8. The van der Waals surface area contributed by atoms with Gasteiger partial charge in [-0.3, -0.25) is 4.79 Å². The van der Waals surface area contributed by atoms with E-state index in [1.165, 1.54) is 0 Å². The smallest absolute Gasteiger partial charge is 0.227 e. The van der Waals surface area contributed by atoms with E-state index in [0.29, 0.717) is 11.3 Å². The van der Waals surface area contributed by atoms with E-state index in [-0.39, 0.29) is 17.7 Å². The van der Waals surface area contributed by atoms with E-state index in [0.717, 1.165) is 49.2 Å². The van der Waals surface area contributed by atoms with Crippen molar-refractivity contribution >= 4 is 17.3 Å². The molecule has 1 saturated heterocycles. The molecule has 3 aromatic carbocycles. The molecule has 4 rings (SSSR count). The summed E-state index contributed by atoms with van der Waals surface area (Å²) in [5, 5.41) is 24.8. The lowest BCUT2D eigenvalue weighted by atomic mass is 9.72. The Morgan fingerprint density at radius 2 is 1.63 bits per heavy atom. The summed E-state index contributed by atoms with van der Waals surface area (Å²) in [5.41, 5.74) is 2.80. The third-order valence-electron chi connectivity index (χ3n) is 7.30. The summed E-state index contributed by atoms with van der Waals surface area (Å²) in [5.74, 6) is -0.0681. The van der Waals surface area contributed by atoms with Gasteiger partial charge in [-0.05, 0) is 54.5 Å². The van der Waals surface area contributed by atoms with Crippen molar-refractivity contribution in [3.05, 3.63) is 95.6 Å². The van der Waals surface area contributed by atoms with Crippen LogP contribution in [0.3, 0.4) is 0 Å². The molecule has 35 heavy (non-hydrogen) atoms. The van der Waals surface area contributed by atoms with Gasteiger partial charge in [-0.25, -0.2) is 0 Å². The van der Waals surface area contributed by atoms with Crippen LogP contribution >= 0.6 is 0 Å². The van der Waals surface area contributed by atoms with Crippen LogP contribution in [-0.2, 0) is 10.4 Å². The third-order valence-corrected chi connectivity index (χ3v) is 7.30. The molecule has 5 nitrogen and oxygen atoms in total. The predicted molar refractivity (Wildman–Crippen MR) is 140 cm³/mol. The van der Waals surface area contributed by atoms with E-state index in [1.807, 2.05) is 86.6 Å². The Morgan fingerprint density at radius 1 is 1.06 bits per heavy atom. The maximum atomic E-state index is 12.3. The number of carbonyl (C=O) groups excluding carboxylic acids is 1. The highest BCUT2D eigenvalue weighted by Gasteiger charge is 2.41. The van der Waals surface area contributed by atoms with Crippen molar-refractivity contribution in [2.75, 3.05) is 23.3 Å². The van der Waals surface area contributed by atoms with E-state index in [9.17, 15) is 15.2 Å². The second kappa shape index (κ2) is 10.8. The Bertz CT molecular complexity index is 1140. The first-order valence-corrected chi connectivity index (χ1v) is 12.4. The number of aliphatic hydroxyl groups is 1. The van der Waals surface area contributed by atoms with Gasteiger partial charge in [-0.2, -0.15) is 5.26 Å². The minimum absolute atomic E-state index is 0.0361. The van der Waals surface area contributed by atoms with Gasteiger partial charge in [0.15, 0.2) is 0 Å². The number of nitrogens with one attached hydrogen (secondary N) is 1. The van der Waals surface area contributed by atoms with Crippen molar-refractivity contribution < 1.29 is 9.90 Å². The van der Waals surface area contributed by atoms with Crippen molar-refractivity contribution in [3.63, 3.8) is 0 Å². The number of nitriles is 1. The van der Waals surface area contributed by atoms with Crippen LogP contribution in [0.15, 0.2) is 78.9 Å². The van der Waals surface area contributed by atoms with E-state index in [4.69, 9.17) is 0 Å². The number of piperidine rings is 1. The Kier molecular flexibility index (Phi) is 7.53. The number of hydrogen-bond donors (Lipinski definition) is 2. The molecule has 0 bridgehead atoms. The molecule has 1 amide bonds. The fourth-order valence-electron chi connectivity index (χ4n) is 4.99. The molecule has 0 aliphatic carbocycles. The van der Waals surface area contributed by atoms with Gasteiger partial charge in [0.1, 0.15) is 11.7 Å². The predicted octanol–water partition coefficient (Wildman–Crippen LogP) is 5.70. The summed E-state index contributed by atoms with van der Waals surface area (Å²) in [4.78, 5) is 14.5. The van der Waals surface area contributed by atoms with Crippen LogP contribution in [0.1, 0.15) is 49.8 Å². The van der Waals surface area contributed by atoms with Gasteiger partial charge in [0, 0.05) is 24.7 Å². The van der Waals surface area contributed by atoms with Gasteiger partial charge in [-0.1, -0.05) is 74.5 Å². The highest BCUT2D eigenvalue weighted by atomic mass is 16.3. The number of rotatable bonds is 7. The van der Waals surface area contributed by atoms with Gasteiger partial charge >= 0.3 is 0 Å². The lowest BCUT2D eigenvalue weighted by Crippen LogP contribution is -2.44. The molecule has 1 aliphatic rings. The molecule has 1 atom stereocenters. The Labute approximate surface area is 208 Å². The average molecular weight is 468 g/mol. The average Bonchev–Trinajstić information content (AvgIpc) is 2.93. The summed E-state index contributed by atoms with van der Waals surface area (Å²) >= 11 is 0. The van der Waals surface area contributed by atoms with E-state index < -0.39 is 5.60 Å². The zero-order valence-electron chi connectivity index (χ0n) is 20.4. The second-order valence-corrected chi connectivity index (χ2v) is 9.40. The van der Waals surface area contributed by atoms with Gasteiger partial charge in [-0.15, -0.1) is 0 Å². The van der Waals surface area contributed by atoms with E-state index >= 15 is 0 Å². The van der Waals surface area contributed by atoms with Crippen LogP contribution in [0.5, 0.6) is 0 Å². The van der Waals surface area contributed by atoms with Crippen LogP contribution in [0.25, 0.3) is 0 Å². The summed E-state index contributed by atoms with van der Waals surface area (Å²) in [6, 6.07) is 27.7. The quantitative estimate of drug-likeness (QED) is 0.468. The number of anilines is 2. The van der Waals surface area contributed by atoms with Crippen molar-refractivity contribution in [3.8, 4) is 6.07 Å². The molecule has 2 N–H and O–H groups in total. The summed E-state index contributed by atoms with van der Waals surface area (Å²) in [6.07, 6.45) is 2.34. The lowest BCUT2D eigenvalue weighted by molar-refractivity contribution is -0.119. The third kappa shape index (κ3) is 5.08. The molecule has 3 aromatic rings. The molecule has 1 fully saturated rings. The largest absolute Gasteiger partial charge is 0.380 e. The Balaban J connectivity index is 1.54. The Hall–Kier alpha value is -3.62. The summed E-state index contributed by atoms with van der Waals surface area (Å²) < 4.78 is 0. The second-order valence-electron chi connectivity index (χ2n) is 9.40. The first kappa shape index (κ1) is 24.5. The zero-order valence-corrected chi connectivity index (χ0v) is 20.4. The van der Waals surface area contributed by atoms with Crippen molar-refractivity contribution in [2.45, 2.75) is 38.7 Å². The summed E-state index contributed by atoms with van der Waals surface area (Å²) in [7, 11) is 0. The maximum Gasteiger partial charge on any atom is 0.227 e. The lowest BCUT2D eigenvalue weighted by Gasteiger charge is -2.43. The number of amides is 1. The van der Waals surface area contributed by atoms with Gasteiger partial charge in [0.05, 0.1) is 11.3 Å². The maximum absolute atomic E-state index is 12.3. The SMILES string of the molecule is CCC(C)C(=O)Nc1ccc(N2CCC(C(O)(c3ccccc3)c3ccccc3)CC2)c(C#N)c1. The fraction of sp³-hybridized carbons (Fsp3) is 0.333. The van der Waals surface area contributed by atoms with Crippen LogP contribution in [0.4, 0.5) is 11.4 Å². The Morgan fingerprint density at radius 3 is 2.14 bits per heavy atom.